The quantitative estimate of drug-likeness (QED) is 0.664. The Bertz CT molecular complexity index is 504. The molecule has 20 heavy (non-hydrogen) atoms. The second-order valence-electron chi connectivity index (χ2n) is 5.15. The van der Waals surface area contributed by atoms with Crippen molar-refractivity contribution in [3.63, 3.8) is 0 Å². The number of piperidine rings is 1. The largest absolute Gasteiger partial charge is 0.342 e. The summed E-state index contributed by atoms with van der Waals surface area (Å²) in [5.41, 5.74) is 6.13. The molecule has 0 saturated carbocycles. The van der Waals surface area contributed by atoms with Crippen molar-refractivity contribution < 1.29 is 9.72 Å². The molecule has 1 aromatic carbocycles. The monoisotopic (exact) mass is 277 g/mol. The minimum absolute atomic E-state index is 0.00762. The van der Waals surface area contributed by atoms with Crippen LogP contribution in [0.1, 0.15) is 18.4 Å². The van der Waals surface area contributed by atoms with Crippen molar-refractivity contribution in [3.05, 3.63) is 39.9 Å². The van der Waals surface area contributed by atoms with Gasteiger partial charge in [0, 0.05) is 24.7 Å². The van der Waals surface area contributed by atoms with Gasteiger partial charge in [0.05, 0.1) is 11.3 Å². The molecule has 108 valence electrons. The van der Waals surface area contributed by atoms with Gasteiger partial charge >= 0.3 is 0 Å². The van der Waals surface area contributed by atoms with Crippen molar-refractivity contribution in [1.29, 1.82) is 0 Å². The lowest BCUT2D eigenvalue weighted by Crippen LogP contribution is -2.42. The molecule has 0 spiro atoms. The number of nitrogens with two attached hydrogens (primary N) is 1. The predicted molar refractivity (Wildman–Crippen MR) is 75.2 cm³/mol. The molecule has 2 N–H and O–H groups in total. The Morgan fingerprint density at radius 1 is 1.45 bits per heavy atom. The van der Waals surface area contributed by atoms with Gasteiger partial charge in [0.2, 0.25) is 5.91 Å². The molecule has 1 atom stereocenters. The zero-order chi connectivity index (χ0) is 14.5. The summed E-state index contributed by atoms with van der Waals surface area (Å²) in [6, 6.07) is 6.40. The molecule has 0 aliphatic carbocycles. The van der Waals surface area contributed by atoms with E-state index in [1.807, 2.05) is 0 Å². The van der Waals surface area contributed by atoms with Crippen LogP contribution < -0.4 is 5.73 Å². The van der Waals surface area contributed by atoms with Crippen molar-refractivity contribution >= 4 is 11.6 Å². The van der Waals surface area contributed by atoms with Crippen molar-refractivity contribution in [2.24, 2.45) is 11.7 Å². The number of hydrogen-bond donors (Lipinski definition) is 1. The predicted octanol–water partition coefficient (Wildman–Crippen LogP) is 1.33. The molecule has 1 heterocycles. The molecule has 0 radical (unpaired) electrons. The summed E-state index contributed by atoms with van der Waals surface area (Å²) in [6.07, 6.45) is 2.07. The molecule has 1 aliphatic rings. The van der Waals surface area contributed by atoms with E-state index >= 15 is 0 Å². The van der Waals surface area contributed by atoms with Crippen molar-refractivity contribution in [1.82, 2.24) is 4.90 Å². The van der Waals surface area contributed by atoms with Crippen LogP contribution in [0.2, 0.25) is 0 Å². The molecule has 6 heteroatoms. The van der Waals surface area contributed by atoms with E-state index in [1.54, 1.807) is 23.1 Å². The second-order valence-corrected chi connectivity index (χ2v) is 5.15. The highest BCUT2D eigenvalue weighted by atomic mass is 16.6. The fourth-order valence-corrected chi connectivity index (χ4v) is 2.60. The average molecular weight is 277 g/mol. The van der Waals surface area contributed by atoms with Crippen LogP contribution in [0.5, 0.6) is 0 Å². The summed E-state index contributed by atoms with van der Waals surface area (Å²) >= 11 is 0. The van der Waals surface area contributed by atoms with Gasteiger partial charge in [-0.05, 0) is 25.3 Å². The Labute approximate surface area is 117 Å². The van der Waals surface area contributed by atoms with Crippen molar-refractivity contribution in [3.8, 4) is 0 Å². The van der Waals surface area contributed by atoms with E-state index < -0.39 is 4.92 Å². The Morgan fingerprint density at radius 3 is 2.90 bits per heavy atom. The van der Waals surface area contributed by atoms with Gasteiger partial charge in [-0.2, -0.15) is 0 Å². The third-order valence-electron chi connectivity index (χ3n) is 3.74. The van der Waals surface area contributed by atoms with Crippen LogP contribution in [-0.4, -0.2) is 35.4 Å². The fourth-order valence-electron chi connectivity index (χ4n) is 2.60. The summed E-state index contributed by atoms with van der Waals surface area (Å²) < 4.78 is 0. The maximum atomic E-state index is 12.3. The molecule has 2 rings (SSSR count). The highest BCUT2D eigenvalue weighted by Gasteiger charge is 2.24. The molecular formula is C14H19N3O3. The van der Waals surface area contributed by atoms with Crippen molar-refractivity contribution in [2.45, 2.75) is 19.3 Å². The van der Waals surface area contributed by atoms with Crippen molar-refractivity contribution in [2.75, 3.05) is 19.6 Å². The van der Waals surface area contributed by atoms with Crippen LogP contribution in [-0.2, 0) is 11.2 Å². The minimum Gasteiger partial charge on any atom is -0.342 e. The topological polar surface area (TPSA) is 89.5 Å². The molecule has 1 fully saturated rings. The first-order chi connectivity index (χ1) is 9.61. The van der Waals surface area contributed by atoms with E-state index in [-0.39, 0.29) is 18.0 Å². The van der Waals surface area contributed by atoms with Gasteiger partial charge in [-0.25, -0.2) is 0 Å². The number of para-hydroxylation sites is 1. The van der Waals surface area contributed by atoms with Gasteiger partial charge < -0.3 is 10.6 Å². The molecule has 6 nitrogen and oxygen atoms in total. The maximum Gasteiger partial charge on any atom is 0.273 e. The lowest BCUT2D eigenvalue weighted by atomic mass is 9.97. The standard InChI is InChI=1S/C14H19N3O3/c15-9-11-4-3-7-16(10-11)14(18)8-12-5-1-2-6-13(12)17(19)20/h1-2,5-6,11H,3-4,7-10,15H2. The lowest BCUT2D eigenvalue weighted by molar-refractivity contribution is -0.385. The number of amides is 1. The van der Waals surface area contributed by atoms with Gasteiger partial charge in [0.15, 0.2) is 0 Å². The minimum atomic E-state index is -0.443. The molecule has 1 aromatic rings. The Morgan fingerprint density at radius 2 is 2.20 bits per heavy atom. The zero-order valence-corrected chi connectivity index (χ0v) is 11.3. The molecule has 1 aliphatic heterocycles. The van der Waals surface area contributed by atoms with Crippen LogP contribution >= 0.6 is 0 Å². The molecule has 1 unspecified atom stereocenters. The Hall–Kier alpha value is -1.95. The third kappa shape index (κ3) is 3.33. The average Bonchev–Trinajstić information content (AvgIpc) is 2.47. The van der Waals surface area contributed by atoms with Gasteiger partial charge in [0.1, 0.15) is 0 Å². The SMILES string of the molecule is NCC1CCCN(C(=O)Cc2ccccc2[N+](=O)[O-])C1. The summed E-state index contributed by atoms with van der Waals surface area (Å²) in [7, 11) is 0. The molecular weight excluding hydrogens is 258 g/mol. The van der Waals surface area contributed by atoms with E-state index in [4.69, 9.17) is 5.73 Å². The first-order valence-electron chi connectivity index (χ1n) is 6.82. The van der Waals surface area contributed by atoms with Crippen LogP contribution in [0.15, 0.2) is 24.3 Å². The number of carbonyl (C=O) groups excluding carboxylic acids is 1. The number of nitro groups is 1. The maximum absolute atomic E-state index is 12.3. The highest BCUT2D eigenvalue weighted by molar-refractivity contribution is 5.80. The lowest BCUT2D eigenvalue weighted by Gasteiger charge is -2.32. The number of carbonyl (C=O) groups is 1. The van der Waals surface area contributed by atoms with Crippen LogP contribution in [0.4, 0.5) is 5.69 Å². The molecule has 1 amide bonds. The normalized spacial score (nSPS) is 18.9. The van der Waals surface area contributed by atoms with E-state index in [2.05, 4.69) is 0 Å². The highest BCUT2D eigenvalue weighted by Crippen LogP contribution is 2.21. The van der Waals surface area contributed by atoms with E-state index in [9.17, 15) is 14.9 Å². The molecule has 1 saturated heterocycles. The van der Waals surface area contributed by atoms with Crippen LogP contribution in [0, 0.1) is 16.0 Å². The van der Waals surface area contributed by atoms with E-state index in [0.29, 0.717) is 24.6 Å². The number of nitro benzene ring substituents is 1. The Kier molecular flexibility index (Phi) is 4.68. The first-order valence-corrected chi connectivity index (χ1v) is 6.82. The number of benzene rings is 1. The third-order valence-corrected chi connectivity index (χ3v) is 3.74. The van der Waals surface area contributed by atoms with E-state index in [0.717, 1.165) is 19.4 Å². The van der Waals surface area contributed by atoms with Gasteiger partial charge in [0.25, 0.3) is 5.69 Å². The smallest absolute Gasteiger partial charge is 0.273 e. The molecule has 0 bridgehead atoms. The number of likely N-dealkylation sites (tertiary alicyclic amines) is 1. The van der Waals surface area contributed by atoms with Gasteiger partial charge in [-0.1, -0.05) is 18.2 Å². The second kappa shape index (κ2) is 6.47. The fraction of sp³-hybridized carbons (Fsp3) is 0.500. The summed E-state index contributed by atoms with van der Waals surface area (Å²) in [4.78, 5) is 24.5. The summed E-state index contributed by atoms with van der Waals surface area (Å²) in [6.45, 7) is 1.96. The first kappa shape index (κ1) is 14.5. The van der Waals surface area contributed by atoms with Gasteiger partial charge in [-0.15, -0.1) is 0 Å². The summed E-state index contributed by atoms with van der Waals surface area (Å²) in [5, 5.41) is 10.9. The van der Waals surface area contributed by atoms with E-state index in [1.165, 1.54) is 6.07 Å². The Balaban J connectivity index is 2.06. The molecule has 0 aromatic heterocycles. The number of hydrogen-bond acceptors (Lipinski definition) is 4. The number of rotatable bonds is 4. The van der Waals surface area contributed by atoms with Crippen LogP contribution in [0.25, 0.3) is 0 Å². The van der Waals surface area contributed by atoms with Gasteiger partial charge in [-0.3, -0.25) is 14.9 Å². The zero-order valence-electron chi connectivity index (χ0n) is 11.3. The van der Waals surface area contributed by atoms with Crippen LogP contribution in [0.3, 0.4) is 0 Å². The summed E-state index contributed by atoms with van der Waals surface area (Å²) in [5.74, 6) is 0.288. The number of nitrogens with zero attached hydrogens (tertiary/aromatic N) is 2.